The van der Waals surface area contributed by atoms with E-state index in [0.29, 0.717) is 18.1 Å². The van der Waals surface area contributed by atoms with Gasteiger partial charge in [0.05, 0.1) is 6.61 Å². The van der Waals surface area contributed by atoms with Gasteiger partial charge in [0.15, 0.2) is 0 Å². The van der Waals surface area contributed by atoms with Crippen molar-refractivity contribution in [2.75, 3.05) is 6.61 Å². The fraction of sp³-hybridized carbons (Fsp3) is 0.452. The van der Waals surface area contributed by atoms with Crippen LogP contribution in [0.1, 0.15) is 83.6 Å². The van der Waals surface area contributed by atoms with Crippen molar-refractivity contribution in [1.82, 2.24) is 4.98 Å². The molecule has 182 valence electrons. The summed E-state index contributed by atoms with van der Waals surface area (Å²) in [4.78, 5) is 4.01. The molecule has 0 aliphatic carbocycles. The minimum absolute atomic E-state index is 0.357. The standard InChI is InChI=1S/C31H40FNO/c1-3-5-7-9-10-11-13-25-14-16-26(17-15-25)27-18-20-28(21-19-27)29-22-23-30(33-31(29)32)34-24-12-8-6-4-2/h14-23H,3-13,24H2,1-2H3. The van der Waals surface area contributed by atoms with Crippen molar-refractivity contribution in [3.05, 3.63) is 72.2 Å². The van der Waals surface area contributed by atoms with Gasteiger partial charge in [-0.2, -0.15) is 9.37 Å². The largest absolute Gasteiger partial charge is 0.478 e. The van der Waals surface area contributed by atoms with Gasteiger partial charge in [0.1, 0.15) is 0 Å². The molecule has 0 spiro atoms. The van der Waals surface area contributed by atoms with E-state index in [1.54, 1.807) is 12.1 Å². The van der Waals surface area contributed by atoms with E-state index in [-0.39, 0.29) is 0 Å². The molecular weight excluding hydrogens is 421 g/mol. The SMILES string of the molecule is CCCCCCCCc1ccc(-c2ccc(-c3ccc(OCCCCCC)nc3F)cc2)cc1. The van der Waals surface area contributed by atoms with Crippen LogP contribution in [0.3, 0.4) is 0 Å². The van der Waals surface area contributed by atoms with Gasteiger partial charge in [-0.15, -0.1) is 0 Å². The minimum atomic E-state index is -0.488. The summed E-state index contributed by atoms with van der Waals surface area (Å²) >= 11 is 0. The van der Waals surface area contributed by atoms with Crippen LogP contribution in [0.4, 0.5) is 4.39 Å². The highest BCUT2D eigenvalue weighted by atomic mass is 19.1. The Morgan fingerprint density at radius 2 is 1.18 bits per heavy atom. The third-order valence-corrected chi connectivity index (χ3v) is 6.37. The van der Waals surface area contributed by atoms with Crippen LogP contribution in [0, 0.1) is 5.95 Å². The van der Waals surface area contributed by atoms with Crippen molar-refractivity contribution in [2.45, 2.75) is 84.5 Å². The normalized spacial score (nSPS) is 11.0. The van der Waals surface area contributed by atoms with Gasteiger partial charge in [-0.1, -0.05) is 114 Å². The summed E-state index contributed by atoms with van der Waals surface area (Å²) in [6, 6.07) is 20.4. The Morgan fingerprint density at radius 3 is 1.82 bits per heavy atom. The first-order chi connectivity index (χ1) is 16.7. The molecule has 34 heavy (non-hydrogen) atoms. The van der Waals surface area contributed by atoms with E-state index >= 15 is 0 Å². The Morgan fingerprint density at radius 1 is 0.618 bits per heavy atom. The van der Waals surface area contributed by atoms with Crippen LogP contribution in [-0.2, 0) is 6.42 Å². The highest BCUT2D eigenvalue weighted by Crippen LogP contribution is 2.28. The molecule has 0 aliphatic heterocycles. The Labute approximate surface area is 205 Å². The third-order valence-electron chi connectivity index (χ3n) is 6.37. The highest BCUT2D eigenvalue weighted by Gasteiger charge is 2.09. The molecule has 0 unspecified atom stereocenters. The number of halogens is 1. The third kappa shape index (κ3) is 8.27. The molecule has 0 atom stereocenters. The summed E-state index contributed by atoms with van der Waals surface area (Å²) in [7, 11) is 0. The van der Waals surface area contributed by atoms with Crippen LogP contribution in [-0.4, -0.2) is 11.6 Å². The van der Waals surface area contributed by atoms with Gasteiger partial charge in [-0.3, -0.25) is 0 Å². The molecule has 0 aliphatic rings. The second-order valence-electron chi connectivity index (χ2n) is 9.19. The second-order valence-corrected chi connectivity index (χ2v) is 9.19. The molecule has 3 aromatic rings. The smallest absolute Gasteiger partial charge is 0.224 e. The van der Waals surface area contributed by atoms with E-state index in [4.69, 9.17) is 4.74 Å². The first-order valence-electron chi connectivity index (χ1n) is 13.2. The van der Waals surface area contributed by atoms with Gasteiger partial charge in [0.25, 0.3) is 0 Å². The predicted octanol–water partition coefficient (Wildman–Crippen LogP) is 9.42. The molecule has 2 aromatic carbocycles. The van der Waals surface area contributed by atoms with Gasteiger partial charge in [0, 0.05) is 11.6 Å². The van der Waals surface area contributed by atoms with E-state index in [2.05, 4.69) is 55.2 Å². The van der Waals surface area contributed by atoms with E-state index in [9.17, 15) is 4.39 Å². The maximum Gasteiger partial charge on any atom is 0.224 e. The quantitative estimate of drug-likeness (QED) is 0.166. The molecule has 0 radical (unpaired) electrons. The van der Waals surface area contributed by atoms with Crippen LogP contribution < -0.4 is 4.74 Å². The van der Waals surface area contributed by atoms with E-state index in [1.165, 1.54) is 62.5 Å². The average molecular weight is 462 g/mol. The molecule has 1 heterocycles. The molecule has 3 heteroatoms. The van der Waals surface area contributed by atoms with Crippen molar-refractivity contribution >= 4 is 0 Å². The highest BCUT2D eigenvalue weighted by molar-refractivity contribution is 5.70. The van der Waals surface area contributed by atoms with Crippen LogP contribution in [0.15, 0.2) is 60.7 Å². The molecule has 0 N–H and O–H groups in total. The fourth-order valence-corrected chi connectivity index (χ4v) is 4.23. The first kappa shape index (κ1) is 25.9. The van der Waals surface area contributed by atoms with Crippen molar-refractivity contribution in [3.8, 4) is 28.1 Å². The van der Waals surface area contributed by atoms with E-state index in [1.807, 2.05) is 12.1 Å². The maximum atomic E-state index is 14.6. The van der Waals surface area contributed by atoms with Gasteiger partial charge in [-0.25, -0.2) is 0 Å². The zero-order valence-corrected chi connectivity index (χ0v) is 21.0. The lowest BCUT2D eigenvalue weighted by Crippen LogP contribution is -2.01. The van der Waals surface area contributed by atoms with Crippen molar-refractivity contribution in [1.29, 1.82) is 0 Å². The van der Waals surface area contributed by atoms with Crippen LogP contribution in [0.2, 0.25) is 0 Å². The number of aromatic nitrogens is 1. The summed E-state index contributed by atoms with van der Waals surface area (Å²) in [6.45, 7) is 5.02. The molecule has 0 fully saturated rings. The van der Waals surface area contributed by atoms with E-state index < -0.39 is 5.95 Å². The Bertz CT molecular complexity index is 966. The number of unbranched alkanes of at least 4 members (excludes halogenated alkanes) is 8. The molecule has 1 aromatic heterocycles. The Hall–Kier alpha value is -2.68. The second kappa shape index (κ2) is 14.6. The molecular formula is C31H40FNO. The van der Waals surface area contributed by atoms with Gasteiger partial charge >= 0.3 is 0 Å². The van der Waals surface area contributed by atoms with Gasteiger partial charge in [-0.05, 0) is 47.6 Å². The number of hydrogen-bond donors (Lipinski definition) is 0. The maximum absolute atomic E-state index is 14.6. The number of benzene rings is 2. The summed E-state index contributed by atoms with van der Waals surface area (Å²) in [5.74, 6) is -0.131. The lowest BCUT2D eigenvalue weighted by atomic mass is 9.99. The van der Waals surface area contributed by atoms with Crippen LogP contribution in [0.25, 0.3) is 22.3 Å². The van der Waals surface area contributed by atoms with Crippen molar-refractivity contribution < 1.29 is 9.13 Å². The topological polar surface area (TPSA) is 22.1 Å². The summed E-state index contributed by atoms with van der Waals surface area (Å²) < 4.78 is 20.2. The average Bonchev–Trinajstić information content (AvgIpc) is 2.87. The van der Waals surface area contributed by atoms with E-state index in [0.717, 1.165) is 30.4 Å². The van der Waals surface area contributed by atoms with Gasteiger partial charge in [0.2, 0.25) is 11.8 Å². The summed E-state index contributed by atoms with van der Waals surface area (Å²) in [5, 5.41) is 0. The molecule has 0 amide bonds. The summed E-state index contributed by atoms with van der Waals surface area (Å²) in [5.41, 5.74) is 5.04. The Balaban J connectivity index is 1.53. The number of aryl methyl sites for hydroxylation is 1. The number of ether oxygens (including phenoxy) is 1. The molecule has 0 saturated heterocycles. The number of pyridine rings is 1. The minimum Gasteiger partial charge on any atom is -0.478 e. The number of rotatable bonds is 15. The van der Waals surface area contributed by atoms with Crippen LogP contribution in [0.5, 0.6) is 5.88 Å². The molecule has 2 nitrogen and oxygen atoms in total. The van der Waals surface area contributed by atoms with Crippen molar-refractivity contribution in [2.24, 2.45) is 0 Å². The molecule has 0 saturated carbocycles. The zero-order chi connectivity index (χ0) is 24.0. The lowest BCUT2D eigenvalue weighted by molar-refractivity contribution is 0.289. The fourth-order valence-electron chi connectivity index (χ4n) is 4.23. The van der Waals surface area contributed by atoms with Crippen LogP contribution >= 0.6 is 0 Å². The van der Waals surface area contributed by atoms with Crippen molar-refractivity contribution in [3.63, 3.8) is 0 Å². The Kier molecular flexibility index (Phi) is 11.1. The number of hydrogen-bond acceptors (Lipinski definition) is 2. The van der Waals surface area contributed by atoms with Gasteiger partial charge < -0.3 is 4.74 Å². The number of nitrogens with zero attached hydrogens (tertiary/aromatic N) is 1. The molecule has 3 rings (SSSR count). The summed E-state index contributed by atoms with van der Waals surface area (Å²) in [6.07, 6.45) is 13.6. The lowest BCUT2D eigenvalue weighted by Gasteiger charge is -2.09. The zero-order valence-electron chi connectivity index (χ0n) is 21.0. The monoisotopic (exact) mass is 461 g/mol. The molecule has 0 bridgehead atoms. The predicted molar refractivity (Wildman–Crippen MR) is 142 cm³/mol. The first-order valence-corrected chi connectivity index (χ1v) is 13.2.